The Balaban J connectivity index is 2.76. The molecule has 0 aliphatic heterocycles. The van der Waals surface area contributed by atoms with E-state index in [1.54, 1.807) is 0 Å². The van der Waals surface area contributed by atoms with Crippen molar-refractivity contribution in [2.24, 2.45) is 10.9 Å². The zero-order valence-electron chi connectivity index (χ0n) is 8.53. The Labute approximate surface area is 94.5 Å². The molecular formula is C10H14N4S. The van der Waals surface area contributed by atoms with Crippen molar-refractivity contribution in [2.75, 3.05) is 0 Å². The lowest BCUT2D eigenvalue weighted by molar-refractivity contribution is 0.921. The first kappa shape index (κ1) is 11.6. The number of hydrogen-bond acceptors (Lipinski definition) is 3. The topological polar surface area (TPSA) is 62.4 Å². The van der Waals surface area contributed by atoms with Gasteiger partial charge < -0.3 is 0 Å². The number of rotatable bonds is 3. The van der Waals surface area contributed by atoms with Gasteiger partial charge in [0.2, 0.25) is 5.11 Å². The quantitative estimate of drug-likeness (QED) is 0.310. The van der Waals surface area contributed by atoms with Gasteiger partial charge in [-0.1, -0.05) is 37.3 Å². The maximum atomic E-state index is 5.12. The van der Waals surface area contributed by atoms with Crippen molar-refractivity contribution in [3.8, 4) is 0 Å². The first-order valence-electron chi connectivity index (χ1n) is 4.66. The van der Waals surface area contributed by atoms with Crippen molar-refractivity contribution < 1.29 is 0 Å². The molecule has 0 bridgehead atoms. The number of nitrogens with zero attached hydrogens (tertiary/aromatic N) is 1. The molecule has 15 heavy (non-hydrogen) atoms. The highest BCUT2D eigenvalue weighted by atomic mass is 32.1. The minimum Gasteiger partial charge on any atom is -0.300 e. The molecule has 4 nitrogen and oxygen atoms in total. The van der Waals surface area contributed by atoms with E-state index >= 15 is 0 Å². The van der Waals surface area contributed by atoms with Gasteiger partial charge in [-0.25, -0.2) is 5.84 Å². The molecule has 1 aromatic rings. The third-order valence-electron chi connectivity index (χ3n) is 1.87. The van der Waals surface area contributed by atoms with Crippen LogP contribution in [0.25, 0.3) is 0 Å². The third kappa shape index (κ3) is 3.65. The summed E-state index contributed by atoms with van der Waals surface area (Å²) in [6.45, 7) is 2.03. The summed E-state index contributed by atoms with van der Waals surface area (Å²) in [6, 6.07) is 9.92. The van der Waals surface area contributed by atoms with Gasteiger partial charge >= 0.3 is 0 Å². The summed E-state index contributed by atoms with van der Waals surface area (Å²) in [5, 5.41) is 4.47. The lowest BCUT2D eigenvalue weighted by atomic mass is 10.1. The molecule has 1 aromatic carbocycles. The van der Waals surface area contributed by atoms with Gasteiger partial charge in [-0.05, 0) is 24.2 Å². The second-order valence-corrected chi connectivity index (χ2v) is 3.27. The number of benzene rings is 1. The van der Waals surface area contributed by atoms with Crippen LogP contribution in [-0.4, -0.2) is 10.8 Å². The molecule has 5 heteroatoms. The van der Waals surface area contributed by atoms with Crippen LogP contribution >= 0.6 is 12.2 Å². The standard InChI is InChI=1S/C10H14N4S/c1-2-9(13-14-10(15)12-11)8-6-4-3-5-7-8/h3-7H,2,11H2,1H3,(H2,12,14,15). The van der Waals surface area contributed by atoms with Crippen molar-refractivity contribution in [1.29, 1.82) is 0 Å². The minimum atomic E-state index is 0.303. The second-order valence-electron chi connectivity index (χ2n) is 2.86. The Bertz CT molecular complexity index is 348. The summed E-state index contributed by atoms with van der Waals surface area (Å²) in [4.78, 5) is 0. The molecule has 0 fully saturated rings. The van der Waals surface area contributed by atoms with Crippen LogP contribution in [0.5, 0.6) is 0 Å². The Morgan fingerprint density at radius 3 is 2.60 bits per heavy atom. The van der Waals surface area contributed by atoms with E-state index in [-0.39, 0.29) is 0 Å². The molecule has 0 radical (unpaired) electrons. The van der Waals surface area contributed by atoms with Crippen LogP contribution in [0.4, 0.5) is 0 Å². The molecular weight excluding hydrogens is 208 g/mol. The van der Waals surface area contributed by atoms with E-state index in [9.17, 15) is 0 Å². The Morgan fingerprint density at radius 2 is 2.07 bits per heavy atom. The van der Waals surface area contributed by atoms with Crippen LogP contribution in [-0.2, 0) is 0 Å². The Kier molecular flexibility index (Phi) is 4.73. The zero-order chi connectivity index (χ0) is 11.1. The number of nitrogens with one attached hydrogen (secondary N) is 2. The summed E-state index contributed by atoms with van der Waals surface area (Å²) in [5.41, 5.74) is 6.99. The average molecular weight is 222 g/mol. The maximum absolute atomic E-state index is 5.12. The van der Waals surface area contributed by atoms with Crippen molar-refractivity contribution >= 4 is 23.0 Å². The number of hydrazone groups is 1. The molecule has 0 aliphatic carbocycles. The summed E-state index contributed by atoms with van der Waals surface area (Å²) in [5.74, 6) is 5.12. The van der Waals surface area contributed by atoms with Gasteiger partial charge in [0.1, 0.15) is 0 Å². The van der Waals surface area contributed by atoms with Crippen LogP contribution in [0, 0.1) is 0 Å². The molecule has 0 saturated heterocycles. The van der Waals surface area contributed by atoms with Crippen LogP contribution in [0.3, 0.4) is 0 Å². The fourth-order valence-corrected chi connectivity index (χ4v) is 1.17. The van der Waals surface area contributed by atoms with Gasteiger partial charge in [0.15, 0.2) is 0 Å². The highest BCUT2D eigenvalue weighted by Gasteiger charge is 1.99. The number of hydrogen-bond donors (Lipinski definition) is 3. The molecule has 0 aliphatic rings. The summed E-state index contributed by atoms with van der Waals surface area (Å²) < 4.78 is 0. The highest BCUT2D eigenvalue weighted by Crippen LogP contribution is 2.03. The number of nitrogens with two attached hydrogens (primary N) is 1. The van der Waals surface area contributed by atoms with Gasteiger partial charge in [0, 0.05) is 0 Å². The predicted molar refractivity (Wildman–Crippen MR) is 66.3 cm³/mol. The van der Waals surface area contributed by atoms with Crippen LogP contribution in [0.15, 0.2) is 35.4 Å². The highest BCUT2D eigenvalue weighted by molar-refractivity contribution is 7.80. The molecule has 0 unspecified atom stereocenters. The molecule has 1 rings (SSSR count). The fraction of sp³-hybridized carbons (Fsp3) is 0.200. The van der Waals surface area contributed by atoms with E-state index in [0.29, 0.717) is 5.11 Å². The predicted octanol–water partition coefficient (Wildman–Crippen LogP) is 1.14. The van der Waals surface area contributed by atoms with Crippen molar-refractivity contribution in [3.05, 3.63) is 35.9 Å². The van der Waals surface area contributed by atoms with Gasteiger partial charge in [-0.2, -0.15) is 5.10 Å². The molecule has 0 amide bonds. The SMILES string of the molecule is CCC(=NNC(=S)NN)c1ccccc1. The molecule has 0 saturated carbocycles. The van der Waals surface area contributed by atoms with E-state index in [0.717, 1.165) is 17.7 Å². The monoisotopic (exact) mass is 222 g/mol. The lowest BCUT2D eigenvalue weighted by Gasteiger charge is -2.05. The van der Waals surface area contributed by atoms with E-state index in [1.165, 1.54) is 0 Å². The molecule has 0 heterocycles. The normalized spacial score (nSPS) is 10.9. The molecule has 4 N–H and O–H groups in total. The van der Waals surface area contributed by atoms with Crippen LogP contribution in [0.1, 0.15) is 18.9 Å². The summed E-state index contributed by atoms with van der Waals surface area (Å²) in [6.07, 6.45) is 0.824. The molecule has 0 atom stereocenters. The van der Waals surface area contributed by atoms with Crippen LogP contribution in [0.2, 0.25) is 0 Å². The lowest BCUT2D eigenvalue weighted by Crippen LogP contribution is -2.37. The summed E-state index contributed by atoms with van der Waals surface area (Å²) in [7, 11) is 0. The second kappa shape index (κ2) is 6.10. The summed E-state index contributed by atoms with van der Waals surface area (Å²) >= 11 is 4.82. The third-order valence-corrected chi connectivity index (χ3v) is 2.07. The zero-order valence-corrected chi connectivity index (χ0v) is 9.34. The van der Waals surface area contributed by atoms with Crippen LogP contribution < -0.4 is 16.7 Å². The molecule has 80 valence electrons. The van der Waals surface area contributed by atoms with Crippen molar-refractivity contribution in [2.45, 2.75) is 13.3 Å². The smallest absolute Gasteiger partial charge is 0.201 e. The minimum absolute atomic E-state index is 0.303. The number of hydrazine groups is 1. The first-order valence-corrected chi connectivity index (χ1v) is 5.07. The largest absolute Gasteiger partial charge is 0.300 e. The number of thiocarbonyl (C=S) groups is 1. The van der Waals surface area contributed by atoms with Gasteiger partial charge in [0.25, 0.3) is 0 Å². The molecule has 0 aromatic heterocycles. The van der Waals surface area contributed by atoms with Gasteiger partial charge in [-0.15, -0.1) is 0 Å². The van der Waals surface area contributed by atoms with Crippen molar-refractivity contribution in [3.63, 3.8) is 0 Å². The Hall–Kier alpha value is -1.46. The fourth-order valence-electron chi connectivity index (χ4n) is 1.13. The van der Waals surface area contributed by atoms with E-state index < -0.39 is 0 Å². The van der Waals surface area contributed by atoms with Crippen molar-refractivity contribution in [1.82, 2.24) is 10.9 Å². The Morgan fingerprint density at radius 1 is 1.40 bits per heavy atom. The van der Waals surface area contributed by atoms with E-state index in [1.807, 2.05) is 37.3 Å². The molecule has 0 spiro atoms. The first-order chi connectivity index (χ1) is 7.27. The average Bonchev–Trinajstić information content (AvgIpc) is 2.31. The van der Waals surface area contributed by atoms with E-state index in [2.05, 4.69) is 16.0 Å². The van der Waals surface area contributed by atoms with Gasteiger partial charge in [0.05, 0.1) is 5.71 Å². The maximum Gasteiger partial charge on any atom is 0.201 e. The van der Waals surface area contributed by atoms with Gasteiger partial charge in [-0.3, -0.25) is 10.9 Å². The van der Waals surface area contributed by atoms with E-state index in [4.69, 9.17) is 18.1 Å².